The number of nitrogens with zero attached hydrogens (tertiary/aromatic N) is 3. The van der Waals surface area contributed by atoms with E-state index in [0.717, 1.165) is 5.92 Å². The van der Waals surface area contributed by atoms with Crippen LogP contribution in [0.5, 0.6) is 0 Å². The third kappa shape index (κ3) is 2.71. The number of aryl methyl sites for hydroxylation is 1. The Labute approximate surface area is 117 Å². The lowest BCUT2D eigenvalue weighted by atomic mass is 9.94. The Bertz CT molecular complexity index is 435. The molecule has 0 spiro atoms. The zero-order valence-electron chi connectivity index (χ0n) is 12.6. The van der Waals surface area contributed by atoms with Gasteiger partial charge in [-0.25, -0.2) is 4.98 Å². The van der Waals surface area contributed by atoms with E-state index in [1.165, 1.54) is 56.8 Å². The van der Waals surface area contributed by atoms with Crippen LogP contribution in [0.2, 0.25) is 0 Å². The molecule has 1 fully saturated rings. The van der Waals surface area contributed by atoms with Crippen LogP contribution < -0.4 is 0 Å². The Hall–Kier alpha value is -0.830. The van der Waals surface area contributed by atoms with Crippen molar-refractivity contribution in [1.82, 2.24) is 14.5 Å². The lowest BCUT2D eigenvalue weighted by Crippen LogP contribution is -2.39. The van der Waals surface area contributed by atoms with Crippen LogP contribution in [0.4, 0.5) is 0 Å². The van der Waals surface area contributed by atoms with Crippen LogP contribution in [-0.4, -0.2) is 33.6 Å². The standard InChI is InChI=1S/C16H27N3/c1-12(2)18-8-4-5-14(10-18)15-11-19-9-13(3)6-7-16(19)17-15/h11-14H,4-10H2,1-3H3. The summed E-state index contributed by atoms with van der Waals surface area (Å²) in [6.07, 6.45) is 7.46. The van der Waals surface area contributed by atoms with Gasteiger partial charge in [-0.2, -0.15) is 0 Å². The number of rotatable bonds is 2. The van der Waals surface area contributed by atoms with Crippen LogP contribution in [0.1, 0.15) is 57.5 Å². The molecule has 0 saturated carbocycles. The van der Waals surface area contributed by atoms with Gasteiger partial charge < -0.3 is 9.47 Å². The first-order valence-corrected chi connectivity index (χ1v) is 7.93. The summed E-state index contributed by atoms with van der Waals surface area (Å²) < 4.78 is 2.41. The van der Waals surface area contributed by atoms with Crippen LogP contribution >= 0.6 is 0 Å². The van der Waals surface area contributed by atoms with Gasteiger partial charge >= 0.3 is 0 Å². The second-order valence-corrected chi connectivity index (χ2v) is 6.81. The second-order valence-electron chi connectivity index (χ2n) is 6.81. The monoisotopic (exact) mass is 261 g/mol. The number of imidazole rings is 1. The van der Waals surface area contributed by atoms with Gasteiger partial charge in [-0.1, -0.05) is 6.92 Å². The molecule has 0 amide bonds. The average molecular weight is 261 g/mol. The van der Waals surface area contributed by atoms with Gasteiger partial charge in [-0.15, -0.1) is 0 Å². The van der Waals surface area contributed by atoms with Gasteiger partial charge in [0.05, 0.1) is 5.69 Å². The first-order chi connectivity index (χ1) is 9.13. The highest BCUT2D eigenvalue weighted by atomic mass is 15.2. The van der Waals surface area contributed by atoms with Crippen molar-refractivity contribution in [2.24, 2.45) is 5.92 Å². The zero-order valence-corrected chi connectivity index (χ0v) is 12.6. The Morgan fingerprint density at radius 1 is 1.26 bits per heavy atom. The normalized spacial score (nSPS) is 28.6. The van der Waals surface area contributed by atoms with E-state index in [1.54, 1.807) is 0 Å². The number of fused-ring (bicyclic) bond motifs is 1. The fourth-order valence-corrected chi connectivity index (χ4v) is 3.55. The van der Waals surface area contributed by atoms with Crippen molar-refractivity contribution in [3.05, 3.63) is 17.7 Å². The van der Waals surface area contributed by atoms with Crippen molar-refractivity contribution in [2.75, 3.05) is 13.1 Å². The molecule has 1 saturated heterocycles. The maximum absolute atomic E-state index is 4.94. The fraction of sp³-hybridized carbons (Fsp3) is 0.812. The van der Waals surface area contributed by atoms with Gasteiger partial charge in [-0.3, -0.25) is 0 Å². The SMILES string of the molecule is CC1CCc2nc(C3CCCN(C(C)C)C3)cn2C1. The largest absolute Gasteiger partial charge is 0.334 e. The van der Waals surface area contributed by atoms with E-state index >= 15 is 0 Å². The molecule has 19 heavy (non-hydrogen) atoms. The molecule has 2 unspecified atom stereocenters. The number of hydrogen-bond donors (Lipinski definition) is 0. The van der Waals surface area contributed by atoms with Crippen molar-refractivity contribution in [1.29, 1.82) is 0 Å². The van der Waals surface area contributed by atoms with Gasteiger partial charge in [-0.05, 0) is 45.6 Å². The minimum Gasteiger partial charge on any atom is -0.334 e. The third-order valence-corrected chi connectivity index (χ3v) is 4.85. The molecular weight excluding hydrogens is 234 g/mol. The summed E-state index contributed by atoms with van der Waals surface area (Å²) in [4.78, 5) is 7.55. The van der Waals surface area contributed by atoms with Crippen molar-refractivity contribution in [3.63, 3.8) is 0 Å². The van der Waals surface area contributed by atoms with Crippen LogP contribution in [0.25, 0.3) is 0 Å². The van der Waals surface area contributed by atoms with E-state index < -0.39 is 0 Å². The Balaban J connectivity index is 1.75. The number of hydrogen-bond acceptors (Lipinski definition) is 2. The maximum Gasteiger partial charge on any atom is 0.108 e. The predicted molar refractivity (Wildman–Crippen MR) is 78.4 cm³/mol. The van der Waals surface area contributed by atoms with Gasteiger partial charge in [0.25, 0.3) is 0 Å². The summed E-state index contributed by atoms with van der Waals surface area (Å²) in [5, 5.41) is 0. The molecule has 0 radical (unpaired) electrons. The van der Waals surface area contributed by atoms with Crippen molar-refractivity contribution in [2.45, 2.75) is 65.0 Å². The van der Waals surface area contributed by atoms with Crippen molar-refractivity contribution >= 4 is 0 Å². The van der Waals surface area contributed by atoms with Crippen LogP contribution in [-0.2, 0) is 13.0 Å². The van der Waals surface area contributed by atoms with Crippen LogP contribution in [0, 0.1) is 5.92 Å². The van der Waals surface area contributed by atoms with Crippen molar-refractivity contribution in [3.8, 4) is 0 Å². The Morgan fingerprint density at radius 2 is 2.11 bits per heavy atom. The molecule has 106 valence electrons. The topological polar surface area (TPSA) is 21.1 Å². The molecule has 3 rings (SSSR count). The molecule has 0 N–H and O–H groups in total. The molecule has 2 atom stereocenters. The molecule has 3 heterocycles. The molecule has 0 bridgehead atoms. The summed E-state index contributed by atoms with van der Waals surface area (Å²) in [6.45, 7) is 10.6. The van der Waals surface area contributed by atoms with Gasteiger partial charge in [0, 0.05) is 37.7 Å². The Kier molecular flexibility index (Phi) is 3.66. The fourth-order valence-electron chi connectivity index (χ4n) is 3.55. The van der Waals surface area contributed by atoms with E-state index in [2.05, 4.69) is 36.4 Å². The Morgan fingerprint density at radius 3 is 2.89 bits per heavy atom. The highest BCUT2D eigenvalue weighted by Crippen LogP contribution is 2.29. The predicted octanol–water partition coefficient (Wildman–Crippen LogP) is 3.05. The first kappa shape index (κ1) is 13.2. The summed E-state index contributed by atoms with van der Waals surface area (Å²) in [5.74, 6) is 2.80. The van der Waals surface area contributed by atoms with Crippen LogP contribution in [0.3, 0.4) is 0 Å². The summed E-state index contributed by atoms with van der Waals surface area (Å²) in [5.41, 5.74) is 1.36. The lowest BCUT2D eigenvalue weighted by molar-refractivity contribution is 0.166. The molecule has 0 aromatic carbocycles. The second kappa shape index (κ2) is 5.28. The first-order valence-electron chi connectivity index (χ1n) is 7.93. The quantitative estimate of drug-likeness (QED) is 0.816. The average Bonchev–Trinajstić information content (AvgIpc) is 2.81. The molecule has 0 aliphatic carbocycles. The van der Waals surface area contributed by atoms with Crippen LogP contribution in [0.15, 0.2) is 6.20 Å². The smallest absolute Gasteiger partial charge is 0.108 e. The number of piperidine rings is 1. The van der Waals surface area contributed by atoms with Gasteiger partial charge in [0.2, 0.25) is 0 Å². The van der Waals surface area contributed by atoms with E-state index in [4.69, 9.17) is 4.98 Å². The highest BCUT2D eigenvalue weighted by molar-refractivity contribution is 5.13. The van der Waals surface area contributed by atoms with E-state index in [9.17, 15) is 0 Å². The zero-order chi connectivity index (χ0) is 13.4. The molecule has 3 heteroatoms. The third-order valence-electron chi connectivity index (χ3n) is 4.85. The summed E-state index contributed by atoms with van der Waals surface area (Å²) in [7, 11) is 0. The summed E-state index contributed by atoms with van der Waals surface area (Å²) >= 11 is 0. The minimum atomic E-state index is 0.657. The van der Waals surface area contributed by atoms with E-state index in [1.807, 2.05) is 0 Å². The highest BCUT2D eigenvalue weighted by Gasteiger charge is 2.26. The van der Waals surface area contributed by atoms with Gasteiger partial charge in [0.15, 0.2) is 0 Å². The molecule has 1 aromatic rings. The molecule has 2 aliphatic rings. The molecule has 3 nitrogen and oxygen atoms in total. The van der Waals surface area contributed by atoms with Gasteiger partial charge in [0.1, 0.15) is 5.82 Å². The summed E-state index contributed by atoms with van der Waals surface area (Å²) in [6, 6.07) is 0.667. The van der Waals surface area contributed by atoms with Crippen molar-refractivity contribution < 1.29 is 0 Å². The number of aromatic nitrogens is 2. The number of likely N-dealkylation sites (tertiary alicyclic amines) is 1. The lowest BCUT2D eigenvalue weighted by Gasteiger charge is -2.34. The molecular formula is C16H27N3. The maximum atomic E-state index is 4.94. The minimum absolute atomic E-state index is 0.657. The molecule has 2 aliphatic heterocycles. The van der Waals surface area contributed by atoms with E-state index in [-0.39, 0.29) is 0 Å². The molecule has 1 aromatic heterocycles. The van der Waals surface area contributed by atoms with E-state index in [0.29, 0.717) is 12.0 Å².